The van der Waals surface area contributed by atoms with E-state index < -0.39 is 11.7 Å². The molecular formula is C22H21F3N2S. The maximum absolute atomic E-state index is 12.8. The van der Waals surface area contributed by atoms with Crippen LogP contribution >= 0.6 is 11.3 Å². The molecular weight excluding hydrogens is 381 g/mol. The molecule has 1 aromatic heterocycles. The van der Waals surface area contributed by atoms with Crippen molar-refractivity contribution in [2.75, 3.05) is 26.2 Å². The van der Waals surface area contributed by atoms with Gasteiger partial charge in [-0.05, 0) is 40.3 Å². The molecule has 0 spiro atoms. The number of benzene rings is 2. The summed E-state index contributed by atoms with van der Waals surface area (Å²) in [4.78, 5) is 3.79. The molecule has 3 aromatic rings. The Bertz CT molecular complexity index is 881. The molecule has 2 nitrogen and oxygen atoms in total. The summed E-state index contributed by atoms with van der Waals surface area (Å²) in [5.41, 5.74) is 2.29. The van der Waals surface area contributed by atoms with Gasteiger partial charge in [0.1, 0.15) is 0 Å². The molecule has 6 heteroatoms. The summed E-state index contributed by atoms with van der Waals surface area (Å²) in [6.07, 6.45) is -4.31. The number of rotatable bonds is 4. The van der Waals surface area contributed by atoms with Gasteiger partial charge in [0.05, 0.1) is 11.6 Å². The SMILES string of the molecule is FC(F)(F)c1ccc(-c2ccc([C@H](c3cccs3)N3CCNCC3)cc2)cc1. The monoisotopic (exact) mass is 402 g/mol. The molecule has 4 rings (SSSR count). The second-order valence-corrected chi connectivity index (χ2v) is 7.88. The molecule has 1 N–H and O–H groups in total. The van der Waals surface area contributed by atoms with Crippen molar-refractivity contribution in [2.45, 2.75) is 12.2 Å². The molecule has 0 bridgehead atoms. The van der Waals surface area contributed by atoms with Crippen molar-refractivity contribution in [2.24, 2.45) is 0 Å². The van der Waals surface area contributed by atoms with E-state index >= 15 is 0 Å². The van der Waals surface area contributed by atoms with Crippen LogP contribution < -0.4 is 5.32 Å². The number of hydrogen-bond acceptors (Lipinski definition) is 3. The molecule has 1 fully saturated rings. The summed E-state index contributed by atoms with van der Waals surface area (Å²) in [5, 5.41) is 5.49. The Morgan fingerprint density at radius 3 is 2.00 bits per heavy atom. The molecule has 1 aliphatic rings. The van der Waals surface area contributed by atoms with Crippen molar-refractivity contribution in [1.82, 2.24) is 10.2 Å². The van der Waals surface area contributed by atoms with Gasteiger partial charge < -0.3 is 5.32 Å². The van der Waals surface area contributed by atoms with Gasteiger partial charge >= 0.3 is 6.18 Å². The smallest absolute Gasteiger partial charge is 0.314 e. The second kappa shape index (κ2) is 8.07. The summed E-state index contributed by atoms with van der Waals surface area (Å²) < 4.78 is 38.3. The van der Waals surface area contributed by atoms with Crippen LogP contribution in [0.4, 0.5) is 13.2 Å². The van der Waals surface area contributed by atoms with Crippen molar-refractivity contribution in [3.63, 3.8) is 0 Å². The molecule has 2 heterocycles. The molecule has 28 heavy (non-hydrogen) atoms. The fourth-order valence-corrected chi connectivity index (χ4v) is 4.54. The van der Waals surface area contributed by atoms with Crippen molar-refractivity contribution < 1.29 is 13.2 Å². The Morgan fingerprint density at radius 1 is 0.857 bits per heavy atom. The van der Waals surface area contributed by atoms with Crippen LogP contribution in [0.25, 0.3) is 11.1 Å². The maximum Gasteiger partial charge on any atom is 0.416 e. The number of alkyl halides is 3. The first kappa shape index (κ1) is 19.2. The van der Waals surface area contributed by atoms with E-state index in [9.17, 15) is 13.2 Å². The Hall–Kier alpha value is -2.15. The van der Waals surface area contributed by atoms with E-state index in [1.165, 1.54) is 22.6 Å². The van der Waals surface area contributed by atoms with E-state index in [1.807, 2.05) is 12.1 Å². The van der Waals surface area contributed by atoms with Crippen LogP contribution in [0.1, 0.15) is 22.0 Å². The Kier molecular flexibility index (Phi) is 5.53. The number of halogens is 3. The lowest BCUT2D eigenvalue weighted by molar-refractivity contribution is -0.137. The van der Waals surface area contributed by atoms with E-state index in [2.05, 4.69) is 39.9 Å². The van der Waals surface area contributed by atoms with Gasteiger partial charge in [-0.3, -0.25) is 4.90 Å². The summed E-state index contributed by atoms with van der Waals surface area (Å²) in [7, 11) is 0. The van der Waals surface area contributed by atoms with Gasteiger partial charge in [0, 0.05) is 31.1 Å². The van der Waals surface area contributed by atoms with Crippen LogP contribution in [0.3, 0.4) is 0 Å². The summed E-state index contributed by atoms with van der Waals surface area (Å²) in [6.45, 7) is 3.93. The predicted octanol–water partition coefficient (Wildman–Crippen LogP) is 5.43. The first-order valence-electron chi connectivity index (χ1n) is 9.28. The van der Waals surface area contributed by atoms with Crippen molar-refractivity contribution >= 4 is 11.3 Å². The summed E-state index contributed by atoms with van der Waals surface area (Å²) >= 11 is 1.76. The van der Waals surface area contributed by atoms with E-state index in [0.717, 1.165) is 49.4 Å². The Morgan fingerprint density at radius 2 is 1.46 bits per heavy atom. The number of piperazine rings is 1. The predicted molar refractivity (Wildman–Crippen MR) is 107 cm³/mol. The molecule has 2 aromatic carbocycles. The van der Waals surface area contributed by atoms with Gasteiger partial charge in [0.2, 0.25) is 0 Å². The van der Waals surface area contributed by atoms with E-state index in [1.54, 1.807) is 11.3 Å². The maximum atomic E-state index is 12.8. The van der Waals surface area contributed by atoms with Gasteiger partial charge in [-0.1, -0.05) is 42.5 Å². The van der Waals surface area contributed by atoms with Crippen LogP contribution in [0, 0.1) is 0 Å². The van der Waals surface area contributed by atoms with Gasteiger partial charge in [0.25, 0.3) is 0 Å². The highest BCUT2D eigenvalue weighted by atomic mass is 32.1. The van der Waals surface area contributed by atoms with E-state index in [4.69, 9.17) is 0 Å². The molecule has 0 unspecified atom stereocenters. The van der Waals surface area contributed by atoms with E-state index in [-0.39, 0.29) is 6.04 Å². The molecule has 0 amide bonds. The standard InChI is InChI=1S/C22H21F3N2S/c23-22(24,25)19-9-7-17(8-10-19)16-3-5-18(6-4-16)21(20-2-1-15-28-20)27-13-11-26-12-14-27/h1-10,15,21,26H,11-14H2/t21-/m1/s1. The first-order valence-corrected chi connectivity index (χ1v) is 10.2. The third-order valence-corrected chi connectivity index (χ3v) is 6.03. The summed E-state index contributed by atoms with van der Waals surface area (Å²) in [6, 6.07) is 18.0. The van der Waals surface area contributed by atoms with Crippen LogP contribution in [0.2, 0.25) is 0 Å². The minimum atomic E-state index is -4.31. The average molecular weight is 402 g/mol. The number of hydrogen-bond donors (Lipinski definition) is 1. The number of nitrogens with zero attached hydrogens (tertiary/aromatic N) is 1. The molecule has 0 aliphatic carbocycles. The fraction of sp³-hybridized carbons (Fsp3) is 0.273. The Labute approximate surface area is 166 Å². The fourth-order valence-electron chi connectivity index (χ4n) is 3.65. The molecule has 0 saturated carbocycles. The zero-order chi connectivity index (χ0) is 19.6. The van der Waals surface area contributed by atoms with Crippen LogP contribution in [-0.2, 0) is 6.18 Å². The largest absolute Gasteiger partial charge is 0.416 e. The summed E-state index contributed by atoms with van der Waals surface area (Å²) in [5.74, 6) is 0. The molecule has 1 saturated heterocycles. The topological polar surface area (TPSA) is 15.3 Å². The molecule has 0 radical (unpaired) electrons. The lowest BCUT2D eigenvalue weighted by Crippen LogP contribution is -2.45. The minimum Gasteiger partial charge on any atom is -0.314 e. The molecule has 1 aliphatic heterocycles. The average Bonchev–Trinajstić information content (AvgIpc) is 3.23. The van der Waals surface area contributed by atoms with Crippen molar-refractivity contribution in [1.29, 1.82) is 0 Å². The van der Waals surface area contributed by atoms with Gasteiger partial charge in [-0.25, -0.2) is 0 Å². The molecule has 1 atom stereocenters. The minimum absolute atomic E-state index is 0.212. The van der Waals surface area contributed by atoms with Crippen molar-refractivity contribution in [3.05, 3.63) is 82.0 Å². The highest BCUT2D eigenvalue weighted by molar-refractivity contribution is 7.10. The third-order valence-electron chi connectivity index (χ3n) is 5.10. The van der Waals surface area contributed by atoms with Crippen LogP contribution in [0.5, 0.6) is 0 Å². The number of nitrogens with one attached hydrogen (secondary N) is 1. The second-order valence-electron chi connectivity index (χ2n) is 6.90. The quantitative estimate of drug-likeness (QED) is 0.626. The Balaban J connectivity index is 1.60. The molecule has 146 valence electrons. The number of thiophene rings is 1. The van der Waals surface area contributed by atoms with Gasteiger partial charge in [0.15, 0.2) is 0 Å². The van der Waals surface area contributed by atoms with Gasteiger partial charge in [-0.2, -0.15) is 13.2 Å². The lowest BCUT2D eigenvalue weighted by Gasteiger charge is -2.34. The zero-order valence-corrected chi connectivity index (χ0v) is 16.1. The highest BCUT2D eigenvalue weighted by Crippen LogP contribution is 2.34. The van der Waals surface area contributed by atoms with E-state index in [0.29, 0.717) is 0 Å². The lowest BCUT2D eigenvalue weighted by atomic mass is 9.98. The van der Waals surface area contributed by atoms with Crippen LogP contribution in [-0.4, -0.2) is 31.1 Å². The highest BCUT2D eigenvalue weighted by Gasteiger charge is 2.30. The normalized spacial score (nSPS) is 16.8. The first-order chi connectivity index (χ1) is 13.5. The third kappa shape index (κ3) is 4.14. The van der Waals surface area contributed by atoms with Crippen LogP contribution in [0.15, 0.2) is 66.0 Å². The van der Waals surface area contributed by atoms with Gasteiger partial charge in [-0.15, -0.1) is 11.3 Å². The van der Waals surface area contributed by atoms with Crippen molar-refractivity contribution in [3.8, 4) is 11.1 Å². The zero-order valence-electron chi connectivity index (χ0n) is 15.2.